The number of aromatic nitrogens is 4. The minimum atomic E-state index is -0.122. The van der Waals surface area contributed by atoms with Gasteiger partial charge in [-0.3, -0.25) is 14.4 Å². The van der Waals surface area contributed by atoms with Gasteiger partial charge in [-0.25, -0.2) is 4.98 Å². The first kappa shape index (κ1) is 14.7. The van der Waals surface area contributed by atoms with Crippen LogP contribution in [0.1, 0.15) is 33.0 Å². The largest absolute Gasteiger partial charge is 0.309 e. The van der Waals surface area contributed by atoms with Crippen molar-refractivity contribution in [1.82, 2.24) is 24.6 Å². The summed E-state index contributed by atoms with van der Waals surface area (Å²) in [5.74, 6) is 1.34. The first-order chi connectivity index (χ1) is 9.38. The molecule has 0 spiro atoms. The molecule has 0 saturated carbocycles. The van der Waals surface area contributed by atoms with Gasteiger partial charge in [0, 0.05) is 13.1 Å². The van der Waals surface area contributed by atoms with Crippen LogP contribution in [-0.2, 0) is 13.6 Å². The number of aryl methyl sites for hydroxylation is 1. The maximum atomic E-state index is 12.0. The van der Waals surface area contributed by atoms with Crippen LogP contribution in [0.25, 0.3) is 11.0 Å². The highest BCUT2D eigenvalue weighted by Gasteiger charge is 2.14. The van der Waals surface area contributed by atoms with Crippen molar-refractivity contribution in [3.8, 4) is 0 Å². The van der Waals surface area contributed by atoms with Crippen LogP contribution in [0.3, 0.4) is 0 Å². The second-order valence-electron chi connectivity index (χ2n) is 5.91. The monoisotopic (exact) mass is 277 g/mol. The summed E-state index contributed by atoms with van der Waals surface area (Å²) >= 11 is 0. The van der Waals surface area contributed by atoms with Crippen LogP contribution in [0, 0.1) is 5.92 Å². The van der Waals surface area contributed by atoms with E-state index < -0.39 is 0 Å². The van der Waals surface area contributed by atoms with E-state index in [9.17, 15) is 4.79 Å². The molecule has 1 N–H and O–H groups in total. The molecule has 20 heavy (non-hydrogen) atoms. The predicted molar refractivity (Wildman–Crippen MR) is 79.5 cm³/mol. The smallest absolute Gasteiger partial charge is 0.262 e. The molecule has 2 rings (SSSR count). The van der Waals surface area contributed by atoms with Crippen molar-refractivity contribution in [2.75, 3.05) is 7.05 Å². The molecule has 6 heteroatoms. The summed E-state index contributed by atoms with van der Waals surface area (Å²) in [4.78, 5) is 21.5. The molecule has 0 radical (unpaired) electrons. The Bertz CT molecular complexity index is 643. The molecule has 0 amide bonds. The van der Waals surface area contributed by atoms with Gasteiger partial charge in [0.25, 0.3) is 5.56 Å². The molecule has 110 valence electrons. The number of aromatic amines is 1. The Morgan fingerprint density at radius 1 is 1.40 bits per heavy atom. The van der Waals surface area contributed by atoms with E-state index in [1.807, 2.05) is 0 Å². The lowest BCUT2D eigenvalue weighted by atomic mass is 10.0. The maximum absolute atomic E-state index is 12.0. The molecule has 0 bridgehead atoms. The highest BCUT2D eigenvalue weighted by atomic mass is 16.1. The molecule has 0 fully saturated rings. The molecular weight excluding hydrogens is 254 g/mol. The fraction of sp³-hybridized carbons (Fsp3) is 0.643. The second kappa shape index (κ2) is 5.75. The summed E-state index contributed by atoms with van der Waals surface area (Å²) in [6, 6.07) is 0.447. The zero-order valence-corrected chi connectivity index (χ0v) is 12.8. The summed E-state index contributed by atoms with van der Waals surface area (Å²) in [5, 5.41) is 4.61. The molecule has 2 aromatic heterocycles. The molecule has 2 heterocycles. The Hall–Kier alpha value is -1.69. The number of hydrogen-bond acceptors (Lipinski definition) is 4. The third kappa shape index (κ3) is 3.07. The Morgan fingerprint density at radius 3 is 2.75 bits per heavy atom. The van der Waals surface area contributed by atoms with E-state index in [0.29, 0.717) is 35.4 Å². The summed E-state index contributed by atoms with van der Waals surface area (Å²) in [5.41, 5.74) is 0.511. The van der Waals surface area contributed by atoms with Gasteiger partial charge in [0.15, 0.2) is 5.65 Å². The molecule has 2 aromatic rings. The van der Waals surface area contributed by atoms with Crippen LogP contribution in [-0.4, -0.2) is 37.7 Å². The van der Waals surface area contributed by atoms with E-state index in [4.69, 9.17) is 0 Å². The zero-order valence-electron chi connectivity index (χ0n) is 12.8. The van der Waals surface area contributed by atoms with Gasteiger partial charge < -0.3 is 4.98 Å². The van der Waals surface area contributed by atoms with Gasteiger partial charge in [-0.05, 0) is 26.3 Å². The number of hydrogen-bond donors (Lipinski definition) is 1. The molecule has 0 saturated heterocycles. The van der Waals surface area contributed by atoms with E-state index >= 15 is 0 Å². The number of nitrogens with one attached hydrogen (secondary N) is 1. The maximum Gasteiger partial charge on any atom is 0.262 e. The molecule has 0 aromatic carbocycles. The lowest BCUT2D eigenvalue weighted by Gasteiger charge is -2.25. The normalized spacial score (nSPS) is 13.6. The first-order valence-corrected chi connectivity index (χ1v) is 6.99. The van der Waals surface area contributed by atoms with Gasteiger partial charge in [-0.1, -0.05) is 13.8 Å². The molecule has 0 aliphatic carbocycles. The molecule has 0 unspecified atom stereocenters. The highest BCUT2D eigenvalue weighted by Crippen LogP contribution is 2.12. The van der Waals surface area contributed by atoms with Crippen LogP contribution >= 0.6 is 0 Å². The van der Waals surface area contributed by atoms with E-state index in [0.717, 1.165) is 6.42 Å². The van der Waals surface area contributed by atoms with Crippen LogP contribution in [0.15, 0.2) is 11.0 Å². The van der Waals surface area contributed by atoms with Crippen LogP contribution in [0.5, 0.6) is 0 Å². The number of rotatable bonds is 5. The average Bonchev–Trinajstić information content (AvgIpc) is 2.71. The molecule has 1 atom stereocenters. The summed E-state index contributed by atoms with van der Waals surface area (Å²) < 4.78 is 1.63. The Labute approximate surface area is 118 Å². The third-order valence-electron chi connectivity index (χ3n) is 3.61. The van der Waals surface area contributed by atoms with Gasteiger partial charge in [0.2, 0.25) is 0 Å². The van der Waals surface area contributed by atoms with Gasteiger partial charge in [0.1, 0.15) is 11.2 Å². The summed E-state index contributed by atoms with van der Waals surface area (Å²) in [6.45, 7) is 7.25. The van der Waals surface area contributed by atoms with Crippen molar-refractivity contribution in [3.63, 3.8) is 0 Å². The van der Waals surface area contributed by atoms with Crippen molar-refractivity contribution in [2.45, 2.75) is 39.8 Å². The van der Waals surface area contributed by atoms with Crippen molar-refractivity contribution in [3.05, 3.63) is 22.4 Å². The highest BCUT2D eigenvalue weighted by molar-refractivity contribution is 5.72. The lowest BCUT2D eigenvalue weighted by Crippen LogP contribution is -2.31. The minimum Gasteiger partial charge on any atom is -0.309 e. The topological polar surface area (TPSA) is 66.8 Å². The second-order valence-corrected chi connectivity index (χ2v) is 5.91. The first-order valence-electron chi connectivity index (χ1n) is 6.99. The van der Waals surface area contributed by atoms with Crippen molar-refractivity contribution in [1.29, 1.82) is 0 Å². The third-order valence-corrected chi connectivity index (χ3v) is 3.61. The number of H-pyrrole nitrogens is 1. The van der Waals surface area contributed by atoms with Crippen LogP contribution in [0.2, 0.25) is 0 Å². The predicted octanol–water partition coefficient (Wildman–Crippen LogP) is 1.52. The Kier molecular flexibility index (Phi) is 4.23. The molecular formula is C14H23N5O. The van der Waals surface area contributed by atoms with Gasteiger partial charge in [0.05, 0.1) is 12.7 Å². The van der Waals surface area contributed by atoms with E-state index in [1.54, 1.807) is 17.9 Å². The SMILES string of the molecule is CC(C)C[C@H](C)N(C)Cc1nc2c(cnn2C)c(=O)[nH]1. The van der Waals surface area contributed by atoms with E-state index in [-0.39, 0.29) is 5.56 Å². The van der Waals surface area contributed by atoms with Gasteiger partial charge in [-0.2, -0.15) is 5.10 Å². The number of nitrogens with zero attached hydrogens (tertiary/aromatic N) is 4. The van der Waals surface area contributed by atoms with Crippen molar-refractivity contribution < 1.29 is 0 Å². The molecule has 6 nitrogen and oxygen atoms in total. The van der Waals surface area contributed by atoms with Crippen molar-refractivity contribution >= 4 is 11.0 Å². The van der Waals surface area contributed by atoms with E-state index in [2.05, 4.69) is 47.8 Å². The van der Waals surface area contributed by atoms with E-state index in [1.165, 1.54) is 0 Å². The Balaban J connectivity index is 2.21. The van der Waals surface area contributed by atoms with Gasteiger partial charge >= 0.3 is 0 Å². The van der Waals surface area contributed by atoms with Gasteiger partial charge in [-0.15, -0.1) is 0 Å². The van der Waals surface area contributed by atoms with Crippen molar-refractivity contribution in [2.24, 2.45) is 13.0 Å². The fourth-order valence-corrected chi connectivity index (χ4v) is 2.41. The Morgan fingerprint density at radius 2 is 2.10 bits per heavy atom. The fourth-order valence-electron chi connectivity index (χ4n) is 2.41. The number of fused-ring (bicyclic) bond motifs is 1. The standard InChI is InChI=1S/C14H23N5O/c1-9(2)6-10(3)18(4)8-12-16-13-11(14(20)17-12)7-15-19(13)5/h7,9-10H,6,8H2,1-5H3,(H,16,17,20)/t10-/m0/s1. The van der Waals surface area contributed by atoms with Crippen LogP contribution < -0.4 is 5.56 Å². The van der Waals surface area contributed by atoms with Crippen LogP contribution in [0.4, 0.5) is 0 Å². The molecule has 0 aliphatic heterocycles. The average molecular weight is 277 g/mol. The zero-order chi connectivity index (χ0) is 14.9. The quantitative estimate of drug-likeness (QED) is 0.900. The summed E-state index contributed by atoms with van der Waals surface area (Å²) in [7, 11) is 3.85. The molecule has 0 aliphatic rings. The minimum absolute atomic E-state index is 0.122. The lowest BCUT2D eigenvalue weighted by molar-refractivity contribution is 0.216. The summed E-state index contributed by atoms with van der Waals surface area (Å²) in [6.07, 6.45) is 2.67.